The number of sulfone groups is 3. The number of ether oxygens (including phenoxy) is 5. The molecule has 94 heavy (non-hydrogen) atoms. The largest absolute Gasteiger partial charge is 0.489 e. The van der Waals surface area contributed by atoms with Crippen molar-refractivity contribution in [1.29, 1.82) is 0 Å². The molecule has 0 aromatic heterocycles. The Kier molecular flexibility index (Phi) is 40.1. The summed E-state index contributed by atoms with van der Waals surface area (Å²) in [4.78, 5) is 26.3. The van der Waals surface area contributed by atoms with Gasteiger partial charge >= 0.3 is 0 Å². The first-order valence-corrected chi connectivity index (χ1v) is 36.3. The zero-order valence-corrected chi connectivity index (χ0v) is 60.0. The Balaban J connectivity index is 0.000000588. The zero-order valence-electron chi connectivity index (χ0n) is 56.8. The molecule has 0 unspecified atom stereocenters. The monoisotopic (exact) mass is 1390 g/mol. The van der Waals surface area contributed by atoms with Crippen LogP contribution in [0.15, 0.2) is 189 Å². The third-order valence-electron chi connectivity index (χ3n) is 13.6. The van der Waals surface area contributed by atoms with Crippen LogP contribution in [0.1, 0.15) is 147 Å². The van der Waals surface area contributed by atoms with Crippen molar-refractivity contribution in [3.8, 4) is 28.7 Å². The van der Waals surface area contributed by atoms with Gasteiger partial charge in [-0.3, -0.25) is 9.59 Å². The molecule has 5 aromatic rings. The van der Waals surface area contributed by atoms with Crippen LogP contribution in [0.5, 0.6) is 28.7 Å². The van der Waals surface area contributed by atoms with Crippen LogP contribution in [0, 0.1) is 12.3 Å². The summed E-state index contributed by atoms with van der Waals surface area (Å²) in [5.41, 5.74) is 7.10. The minimum Gasteiger partial charge on any atom is -0.489 e. The number of carbonyl (C=O) groups is 2. The number of hydrogen-bond acceptors (Lipinski definition) is 13. The zero-order chi connectivity index (χ0) is 71.1. The first-order valence-electron chi connectivity index (χ1n) is 30.9. The second kappa shape index (κ2) is 44.5. The fourth-order valence-corrected chi connectivity index (χ4v) is 10.7. The van der Waals surface area contributed by atoms with Crippen LogP contribution >= 0.6 is 11.6 Å². The van der Waals surface area contributed by atoms with Gasteiger partial charge in [0.25, 0.3) is 5.91 Å². The van der Waals surface area contributed by atoms with E-state index in [-0.39, 0.29) is 70.6 Å². The van der Waals surface area contributed by atoms with Crippen LogP contribution in [-0.2, 0) is 29.5 Å². The number of nitrogens with zero attached hydrogens (tertiary/aromatic N) is 1. The maximum Gasteiger partial charge on any atom is 0.253 e. The number of ketones is 1. The summed E-state index contributed by atoms with van der Waals surface area (Å²) < 4.78 is 146. The van der Waals surface area contributed by atoms with Crippen LogP contribution in [-0.4, -0.2) is 106 Å². The number of Topliss-reactive ketones (excluding diaryl/α,β-unsaturated/α-hetero) is 1. The number of amides is 1. The minimum absolute atomic E-state index is 0.00737. The smallest absolute Gasteiger partial charge is 0.253 e. The van der Waals surface area contributed by atoms with E-state index in [0.29, 0.717) is 126 Å². The molecule has 0 bridgehead atoms. The van der Waals surface area contributed by atoms with E-state index in [0.717, 1.165) is 28.9 Å². The van der Waals surface area contributed by atoms with Gasteiger partial charge in [-0.2, -0.15) is 0 Å². The molecule has 14 nitrogen and oxygen atoms in total. The predicted octanol–water partition coefficient (Wildman–Crippen LogP) is 18.3. The second-order valence-electron chi connectivity index (χ2n) is 22.4. The molecule has 0 radical (unpaired) electrons. The van der Waals surface area contributed by atoms with Crippen molar-refractivity contribution in [2.75, 3.05) is 64.4 Å². The highest BCUT2D eigenvalue weighted by atomic mass is 35.5. The summed E-state index contributed by atoms with van der Waals surface area (Å²) in [5.74, 6) is 3.37. The van der Waals surface area contributed by atoms with Crippen LogP contribution < -0.4 is 23.7 Å². The second-order valence-corrected chi connectivity index (χ2v) is 29.3. The van der Waals surface area contributed by atoms with E-state index in [2.05, 4.69) is 20.8 Å². The molecule has 0 aliphatic rings. The molecule has 0 saturated heterocycles. The van der Waals surface area contributed by atoms with E-state index in [1.165, 1.54) is 41.3 Å². The minimum atomic E-state index is -3.19. The standard InChI is InChI=1S/C17H23ClO2.C15H20FNO2.C14H19FO3S.2C13H17FO3S/c1-5-13(11-18)12-20-15-8-6-14(7-9-15)16(19)10-17(2,3)4;1-5-12(9-16)10-19-13-6-7-14(11(2)8-13)15(18)17(3)4;1-3-9-19(16,17)14-7-5-13(6-8-14)18-11-12(4-2)10-15;2*1-3-11(9-14)10-17-12-5-7-13(8-6-12)18(15,16)4-2/h6-9,11H,5,10,12H2,1-4H3;6-9H,5,10H2,1-4H3;5-8,10H,3-4,9,11H2,1-2H3;2*5-9H,3-4,10H2,1-2H3/b13-11-;12-9-;12-10+;11-9+;11-9-. The number of benzene rings is 5. The van der Waals surface area contributed by atoms with Crippen molar-refractivity contribution < 1.29 is 76.1 Å². The molecule has 0 N–H and O–H groups in total. The van der Waals surface area contributed by atoms with Crippen molar-refractivity contribution in [1.82, 2.24) is 4.90 Å². The normalized spacial score (nSPS) is 12.2. The van der Waals surface area contributed by atoms with E-state index in [1.807, 2.05) is 72.7 Å². The molecule has 0 aliphatic carbocycles. The number of hydrogen-bond donors (Lipinski definition) is 0. The van der Waals surface area contributed by atoms with Gasteiger partial charge in [-0.1, -0.05) is 87.8 Å². The molecule has 0 spiro atoms. The maximum absolute atomic E-state index is 12.4. The van der Waals surface area contributed by atoms with Gasteiger partial charge in [0, 0.05) is 37.2 Å². The van der Waals surface area contributed by atoms with E-state index < -0.39 is 29.5 Å². The molecule has 5 aromatic carbocycles. The van der Waals surface area contributed by atoms with E-state index in [9.17, 15) is 52.4 Å². The molecule has 5 rings (SSSR count). The van der Waals surface area contributed by atoms with Crippen LogP contribution in [0.25, 0.3) is 0 Å². The Morgan fingerprint density at radius 3 is 1.02 bits per heavy atom. The molecular formula is C72H96ClF4NO13S3. The first kappa shape index (κ1) is 84.8. The molecule has 0 saturated carbocycles. The van der Waals surface area contributed by atoms with Gasteiger partial charge in [-0.25, -0.2) is 42.8 Å². The maximum atomic E-state index is 12.4. The van der Waals surface area contributed by atoms with E-state index >= 15 is 0 Å². The van der Waals surface area contributed by atoms with Gasteiger partial charge in [-0.05, 0) is 200 Å². The highest BCUT2D eigenvalue weighted by molar-refractivity contribution is 7.92. The van der Waals surface area contributed by atoms with Crippen molar-refractivity contribution in [3.05, 3.63) is 191 Å². The summed E-state index contributed by atoms with van der Waals surface area (Å²) in [6.07, 6.45) is 6.56. The fraction of sp³-hybridized carbons (Fsp3) is 0.417. The van der Waals surface area contributed by atoms with E-state index in [4.69, 9.17) is 35.3 Å². The van der Waals surface area contributed by atoms with Crippen LogP contribution in [0.4, 0.5) is 17.6 Å². The van der Waals surface area contributed by atoms with Crippen molar-refractivity contribution in [2.24, 2.45) is 5.41 Å². The average Bonchev–Trinajstić information content (AvgIpc) is 0.970. The highest BCUT2D eigenvalue weighted by Crippen LogP contribution is 2.25. The topological polar surface area (TPSA) is 186 Å². The Morgan fingerprint density at radius 2 is 0.755 bits per heavy atom. The van der Waals surface area contributed by atoms with Crippen molar-refractivity contribution >= 4 is 52.8 Å². The van der Waals surface area contributed by atoms with Gasteiger partial charge < -0.3 is 28.6 Å². The predicted molar refractivity (Wildman–Crippen MR) is 371 cm³/mol. The number of rotatable bonds is 30. The van der Waals surface area contributed by atoms with Crippen molar-refractivity contribution in [3.63, 3.8) is 0 Å². The lowest BCUT2D eigenvalue weighted by Gasteiger charge is -2.16. The molecule has 0 heterocycles. The lowest BCUT2D eigenvalue weighted by molar-refractivity contribution is 0.0826. The third-order valence-corrected chi connectivity index (χ3v) is 19.4. The summed E-state index contributed by atoms with van der Waals surface area (Å²) in [6.45, 7) is 23.7. The van der Waals surface area contributed by atoms with Crippen LogP contribution in [0.3, 0.4) is 0 Å². The summed E-state index contributed by atoms with van der Waals surface area (Å²) >= 11 is 5.68. The summed E-state index contributed by atoms with van der Waals surface area (Å²) in [6, 6.07) is 31.1. The highest BCUT2D eigenvalue weighted by Gasteiger charge is 2.19. The Bertz CT molecular complexity index is 3490. The van der Waals surface area contributed by atoms with E-state index in [1.54, 1.807) is 88.1 Å². The molecular weight excluding hydrogens is 1290 g/mol. The third kappa shape index (κ3) is 32.3. The quantitative estimate of drug-likeness (QED) is 0.0313. The molecule has 0 atom stereocenters. The Hall–Kier alpha value is -7.20. The molecule has 0 fully saturated rings. The lowest BCUT2D eigenvalue weighted by Crippen LogP contribution is -2.22. The van der Waals surface area contributed by atoms with Gasteiger partial charge in [0.15, 0.2) is 35.3 Å². The lowest BCUT2D eigenvalue weighted by atomic mass is 9.88. The first-order chi connectivity index (χ1) is 44.4. The van der Waals surface area contributed by atoms with Crippen LogP contribution in [0.2, 0.25) is 0 Å². The Morgan fingerprint density at radius 1 is 0.457 bits per heavy atom. The van der Waals surface area contributed by atoms with Gasteiger partial charge in [0.05, 0.1) is 57.3 Å². The molecule has 0 aliphatic heterocycles. The number of halogens is 5. The molecule has 22 heteroatoms. The fourth-order valence-electron chi connectivity index (χ4n) is 7.41. The molecule has 520 valence electrons. The average molecular weight is 1390 g/mol. The number of aryl methyl sites for hydroxylation is 1. The SMILES string of the molecule is CC/C(=C/Cl)COc1ccc(C(=O)CC(C)(C)C)cc1.CC/C(=C/F)COc1ccc(C(=O)N(C)C)c(C)c1.CC/C(=C/F)COc1ccc(S(=O)(=O)CC)cc1.CC/C(=C\F)COc1ccc(S(=O)(=O)CC)cc1.CCCS(=O)(=O)c1ccc(OC/C(=C/F)CC)cc1. The van der Waals surface area contributed by atoms with Gasteiger partial charge in [-0.15, -0.1) is 0 Å². The van der Waals surface area contributed by atoms with Crippen molar-refractivity contribution in [2.45, 2.75) is 143 Å². The van der Waals surface area contributed by atoms with Gasteiger partial charge in [0.2, 0.25) is 0 Å². The Labute approximate surface area is 562 Å². The number of carbonyl (C=O) groups excluding carboxylic acids is 2. The summed E-state index contributed by atoms with van der Waals surface area (Å²) in [7, 11) is -6.13. The van der Waals surface area contributed by atoms with Gasteiger partial charge in [0.1, 0.15) is 61.8 Å². The molecule has 1 amide bonds. The summed E-state index contributed by atoms with van der Waals surface area (Å²) in [5, 5.41) is 0.